The number of β-lactam (4-membered cyclic amide) rings is 1. The monoisotopic (exact) mass is 585 g/mol. The van der Waals surface area contributed by atoms with Gasteiger partial charge in [0.25, 0.3) is 23.4 Å². The molecule has 208 valence electrons. The van der Waals surface area contributed by atoms with Gasteiger partial charge in [0.05, 0.1) is 6.20 Å². The molecule has 5 rings (SSSR count). The minimum atomic E-state index is -1.53. The van der Waals surface area contributed by atoms with Crippen molar-refractivity contribution in [2.24, 2.45) is 10.9 Å². The van der Waals surface area contributed by atoms with Crippen LogP contribution < -0.4 is 21.4 Å². The number of carboxylic acid groups (broad SMARTS) is 1. The third kappa shape index (κ3) is 4.86. The van der Waals surface area contributed by atoms with Gasteiger partial charge in [-0.05, 0) is 19.9 Å². The molecular weight excluding hydrogens is 560 g/mol. The Balaban J connectivity index is 1.37. The molecule has 6 N–H and O–H groups in total. The maximum absolute atomic E-state index is 13.3. The Morgan fingerprint density at radius 3 is 2.77 bits per heavy atom. The molecule has 2 aliphatic rings. The van der Waals surface area contributed by atoms with Crippen molar-refractivity contribution >= 4 is 63.3 Å². The molecule has 0 radical (unpaired) electrons. The van der Waals surface area contributed by atoms with E-state index in [1.54, 1.807) is 0 Å². The van der Waals surface area contributed by atoms with Gasteiger partial charge in [0.15, 0.2) is 10.8 Å². The van der Waals surface area contributed by atoms with Gasteiger partial charge in [0.1, 0.15) is 41.7 Å². The van der Waals surface area contributed by atoms with Crippen LogP contribution in [0.15, 0.2) is 58.6 Å². The molecule has 0 aliphatic carbocycles. The van der Waals surface area contributed by atoms with Crippen LogP contribution in [-0.4, -0.2) is 71.6 Å². The highest BCUT2D eigenvalue weighted by atomic mass is 32.2. The predicted octanol–water partition coefficient (Wildman–Crippen LogP) is -0.311. The summed E-state index contributed by atoms with van der Waals surface area (Å²) in [7, 11) is 0. The number of nitrogen functional groups attached to an aromatic ring is 1. The van der Waals surface area contributed by atoms with Crippen LogP contribution in [-0.2, 0) is 30.6 Å². The van der Waals surface area contributed by atoms with Crippen molar-refractivity contribution in [2.45, 2.75) is 37.4 Å². The second-order valence-corrected chi connectivity index (χ2v) is 11.5. The third-order valence-corrected chi connectivity index (χ3v) is 8.42. The van der Waals surface area contributed by atoms with Crippen LogP contribution in [0, 0.1) is 0 Å². The predicted molar refractivity (Wildman–Crippen MR) is 145 cm³/mol. The molecule has 1 fully saturated rings. The number of aliphatic carboxylic acids is 1. The topological polar surface area (TPSA) is 199 Å². The van der Waals surface area contributed by atoms with E-state index in [1.807, 2.05) is 45.8 Å². The molecule has 2 atom stereocenters. The second-order valence-electron chi connectivity index (χ2n) is 9.49. The lowest BCUT2D eigenvalue weighted by Crippen LogP contribution is -2.71. The molecule has 3 aromatic rings. The number of anilines is 1. The molecule has 1 saturated heterocycles. The molecule has 14 nitrogen and oxygen atoms in total. The number of amides is 3. The number of hydrogen-bond donors (Lipinski definition) is 4. The summed E-state index contributed by atoms with van der Waals surface area (Å²) in [6.45, 7) is 3.03. The van der Waals surface area contributed by atoms with E-state index in [0.717, 1.165) is 17.0 Å². The van der Waals surface area contributed by atoms with Crippen LogP contribution in [0.25, 0.3) is 5.65 Å². The number of aromatic nitrogens is 3. The summed E-state index contributed by atoms with van der Waals surface area (Å²) in [5.74, 6) is -3.11. The molecule has 0 bridgehead atoms. The summed E-state index contributed by atoms with van der Waals surface area (Å²) in [6, 6.07) is 4.65. The molecule has 0 aromatic carbocycles. The number of hydrogen-bond acceptors (Lipinski definition) is 10. The smallest absolute Gasteiger partial charge is 0.352 e. The van der Waals surface area contributed by atoms with Crippen LogP contribution in [0.1, 0.15) is 19.5 Å². The second kappa shape index (κ2) is 10.3. The van der Waals surface area contributed by atoms with Gasteiger partial charge in [0.2, 0.25) is 5.60 Å². The number of carboxylic acids is 1. The molecule has 2 aliphatic heterocycles. The number of nitrogens with two attached hydrogens (primary N) is 2. The van der Waals surface area contributed by atoms with Gasteiger partial charge in [-0.25, -0.2) is 18.7 Å². The van der Waals surface area contributed by atoms with Gasteiger partial charge in [-0.2, -0.15) is 0 Å². The maximum Gasteiger partial charge on any atom is 0.352 e. The molecule has 3 aromatic heterocycles. The summed E-state index contributed by atoms with van der Waals surface area (Å²) in [5, 5.41) is 17.4. The molecule has 5 heterocycles. The summed E-state index contributed by atoms with van der Waals surface area (Å²) < 4.78 is 3.81. The fourth-order valence-electron chi connectivity index (χ4n) is 4.20. The number of oxime groups is 1. The highest BCUT2D eigenvalue weighted by Gasteiger charge is 2.54. The average molecular weight is 586 g/mol. The van der Waals surface area contributed by atoms with Gasteiger partial charge < -0.3 is 26.7 Å². The van der Waals surface area contributed by atoms with E-state index in [9.17, 15) is 24.3 Å². The number of nitrogens with zero attached hydrogens (tertiary/aromatic N) is 5. The molecule has 16 heteroatoms. The lowest BCUT2D eigenvalue weighted by molar-refractivity contribution is -0.662. The van der Waals surface area contributed by atoms with E-state index >= 15 is 0 Å². The summed E-state index contributed by atoms with van der Waals surface area (Å²) in [4.78, 5) is 60.9. The fraction of sp³-hybridized carbons (Fsp3) is 0.292. The van der Waals surface area contributed by atoms with Crippen LogP contribution in [0.3, 0.4) is 0 Å². The Morgan fingerprint density at radius 2 is 2.10 bits per heavy atom. The van der Waals surface area contributed by atoms with Gasteiger partial charge in [-0.15, -0.1) is 23.1 Å². The molecule has 0 unspecified atom stereocenters. The number of pyridine rings is 1. The maximum atomic E-state index is 13.3. The lowest BCUT2D eigenvalue weighted by Gasteiger charge is -2.49. The lowest BCUT2D eigenvalue weighted by atomic mass is 10.0. The average Bonchev–Trinajstić information content (AvgIpc) is 3.53. The first-order valence-electron chi connectivity index (χ1n) is 11.9. The molecular formula is C24H25N8O6S2+. The zero-order valence-electron chi connectivity index (χ0n) is 21.3. The number of thioether (sulfide) groups is 1. The number of carbonyl (C=O) groups excluding carboxylic acids is 3. The SMILES string of the molecule is CC(C)(O/N=C(\C(=O)N[C@@H]1C(=O)N2C(C(=O)O)=C(C[n+]3ccn4ccccc43)CS[C@@H]12)c1csc(N)n1)C(N)=O. The first-order valence-corrected chi connectivity index (χ1v) is 13.8. The van der Waals surface area contributed by atoms with Crippen molar-refractivity contribution < 1.29 is 33.7 Å². The Hall–Kier alpha value is -4.44. The summed E-state index contributed by atoms with van der Waals surface area (Å²) in [6.07, 6.45) is 5.58. The number of carbonyl (C=O) groups is 4. The summed E-state index contributed by atoms with van der Waals surface area (Å²) in [5.41, 5.74) is 10.6. The molecule has 0 saturated carbocycles. The van der Waals surface area contributed by atoms with Crippen LogP contribution in [0.5, 0.6) is 0 Å². The Labute approximate surface area is 235 Å². The Morgan fingerprint density at radius 1 is 1.32 bits per heavy atom. The first kappa shape index (κ1) is 27.1. The van der Waals surface area contributed by atoms with Crippen molar-refractivity contribution in [1.29, 1.82) is 0 Å². The van der Waals surface area contributed by atoms with Crippen molar-refractivity contribution in [2.75, 3.05) is 11.5 Å². The van der Waals surface area contributed by atoms with Gasteiger partial charge in [-0.1, -0.05) is 11.2 Å². The van der Waals surface area contributed by atoms with Crippen LogP contribution >= 0.6 is 23.1 Å². The van der Waals surface area contributed by atoms with Crippen molar-refractivity contribution in [1.82, 2.24) is 19.6 Å². The molecule has 3 amide bonds. The number of nitrogens with one attached hydrogen (secondary N) is 1. The number of rotatable bonds is 9. The van der Waals surface area contributed by atoms with Crippen LogP contribution in [0.2, 0.25) is 0 Å². The highest BCUT2D eigenvalue weighted by Crippen LogP contribution is 2.40. The Bertz CT molecular complexity index is 1610. The molecule has 40 heavy (non-hydrogen) atoms. The fourth-order valence-corrected chi connectivity index (χ4v) is 6.09. The molecule has 0 spiro atoms. The van der Waals surface area contributed by atoms with Gasteiger partial charge in [0, 0.05) is 22.8 Å². The van der Waals surface area contributed by atoms with Crippen molar-refractivity contribution in [3.63, 3.8) is 0 Å². The summed E-state index contributed by atoms with van der Waals surface area (Å²) >= 11 is 2.40. The third-order valence-electron chi connectivity index (χ3n) is 6.40. The largest absolute Gasteiger partial charge is 0.477 e. The number of imidazole rings is 1. The van der Waals surface area contributed by atoms with Crippen LogP contribution in [0.4, 0.5) is 5.13 Å². The minimum Gasteiger partial charge on any atom is -0.477 e. The standard InChI is InChI=1S/C24H24N8O6S2/c1-24(2,22(25)37)38-29-15(13-11-40-23(26)27-13)18(33)28-16-19(34)32-17(21(35)36)12(10-39-20(16)32)9-31-8-7-30-6-4-3-5-14(30)31/h3-8,11,16,20H,9-10H2,1-2H3,(H5-,25,26,27,28,33,35,36,37)/p+1/b29-15-/t16-,20+/m1/s1. The first-order chi connectivity index (χ1) is 19.0. The Kier molecular flexibility index (Phi) is 6.97. The zero-order chi connectivity index (χ0) is 28.8. The number of thiazole rings is 1. The minimum absolute atomic E-state index is 0.0745. The van der Waals surface area contributed by atoms with E-state index in [4.69, 9.17) is 16.3 Å². The van der Waals surface area contributed by atoms with Crippen molar-refractivity contribution in [3.8, 4) is 0 Å². The van der Waals surface area contributed by atoms with E-state index in [-0.39, 0.29) is 28.8 Å². The van der Waals surface area contributed by atoms with Gasteiger partial charge >= 0.3 is 5.97 Å². The normalized spacial score (nSPS) is 19.3. The van der Waals surface area contributed by atoms with Crippen molar-refractivity contribution in [3.05, 3.63) is 59.1 Å². The number of primary amides is 1. The van der Waals surface area contributed by atoms with E-state index in [0.29, 0.717) is 11.3 Å². The highest BCUT2D eigenvalue weighted by molar-refractivity contribution is 8.00. The zero-order valence-corrected chi connectivity index (χ0v) is 22.9. The van der Waals surface area contributed by atoms with E-state index in [1.165, 1.54) is 35.9 Å². The van der Waals surface area contributed by atoms with E-state index in [2.05, 4.69) is 15.5 Å². The van der Waals surface area contributed by atoms with E-state index < -0.39 is 40.7 Å². The quantitative estimate of drug-likeness (QED) is 0.113. The number of fused-ring (bicyclic) bond motifs is 2. The van der Waals surface area contributed by atoms with Gasteiger partial charge in [-0.3, -0.25) is 19.3 Å².